The van der Waals surface area contributed by atoms with Gasteiger partial charge in [0.05, 0.1) is 12.2 Å². The highest BCUT2D eigenvalue weighted by molar-refractivity contribution is 5.97. The van der Waals surface area contributed by atoms with Crippen LogP contribution in [0.4, 0.5) is 0 Å². The van der Waals surface area contributed by atoms with E-state index in [0.717, 1.165) is 38.8 Å². The van der Waals surface area contributed by atoms with Gasteiger partial charge < -0.3 is 19.7 Å². The molecular formula is C22H32N2O4. The molecule has 0 unspecified atom stereocenters. The lowest BCUT2D eigenvalue weighted by atomic mass is 9.87. The minimum Gasteiger partial charge on any atom is -0.490 e. The second kappa shape index (κ2) is 10.5. The van der Waals surface area contributed by atoms with Gasteiger partial charge in [0.15, 0.2) is 0 Å². The van der Waals surface area contributed by atoms with Crippen molar-refractivity contribution in [3.8, 4) is 5.75 Å². The van der Waals surface area contributed by atoms with Gasteiger partial charge in [-0.2, -0.15) is 0 Å². The summed E-state index contributed by atoms with van der Waals surface area (Å²) in [4.78, 5) is 27.4. The summed E-state index contributed by atoms with van der Waals surface area (Å²) in [5.74, 6) is 0.990. The average molecular weight is 389 g/mol. The molecule has 28 heavy (non-hydrogen) atoms. The molecule has 1 saturated carbocycles. The second-order valence-corrected chi connectivity index (χ2v) is 7.75. The van der Waals surface area contributed by atoms with Gasteiger partial charge in [0.2, 0.25) is 5.91 Å². The number of piperidine rings is 1. The van der Waals surface area contributed by atoms with Gasteiger partial charge in [0.1, 0.15) is 12.4 Å². The maximum atomic E-state index is 12.7. The van der Waals surface area contributed by atoms with Crippen LogP contribution in [0.25, 0.3) is 0 Å². The molecule has 1 N–H and O–H groups in total. The third-order valence-electron chi connectivity index (χ3n) is 5.77. The van der Waals surface area contributed by atoms with Crippen molar-refractivity contribution >= 4 is 11.8 Å². The highest BCUT2D eigenvalue weighted by Crippen LogP contribution is 2.27. The summed E-state index contributed by atoms with van der Waals surface area (Å²) < 4.78 is 10.7. The number of methoxy groups -OCH3 is 1. The maximum absolute atomic E-state index is 12.7. The number of carbonyl (C=O) groups is 2. The predicted molar refractivity (Wildman–Crippen MR) is 107 cm³/mol. The number of amides is 2. The summed E-state index contributed by atoms with van der Waals surface area (Å²) in [6, 6.07) is 7.36. The van der Waals surface area contributed by atoms with E-state index in [1.54, 1.807) is 19.2 Å². The van der Waals surface area contributed by atoms with Crippen LogP contribution in [0.5, 0.6) is 5.75 Å². The van der Waals surface area contributed by atoms with E-state index in [1.807, 2.05) is 17.0 Å². The number of rotatable bonds is 7. The number of nitrogens with zero attached hydrogens (tertiary/aromatic N) is 1. The Balaban J connectivity index is 1.49. The Morgan fingerprint density at radius 2 is 1.75 bits per heavy atom. The van der Waals surface area contributed by atoms with Crippen molar-refractivity contribution in [3.63, 3.8) is 0 Å². The van der Waals surface area contributed by atoms with Crippen LogP contribution in [0.3, 0.4) is 0 Å². The Bertz CT molecular complexity index is 650. The number of likely N-dealkylation sites (tertiary alicyclic amines) is 1. The zero-order chi connectivity index (χ0) is 19.8. The molecule has 1 aliphatic heterocycles. The Hall–Kier alpha value is -2.08. The molecule has 6 heteroatoms. The van der Waals surface area contributed by atoms with Crippen molar-refractivity contribution in [3.05, 3.63) is 29.8 Å². The van der Waals surface area contributed by atoms with Gasteiger partial charge in [0.25, 0.3) is 5.91 Å². The minimum absolute atomic E-state index is 0.0925. The summed E-state index contributed by atoms with van der Waals surface area (Å²) in [6.45, 7) is 2.34. The quantitative estimate of drug-likeness (QED) is 0.729. The first kappa shape index (κ1) is 20.6. The van der Waals surface area contributed by atoms with Crippen molar-refractivity contribution in [2.75, 3.05) is 33.4 Å². The highest BCUT2D eigenvalue weighted by Gasteiger charge is 2.29. The van der Waals surface area contributed by atoms with Crippen LogP contribution in [-0.4, -0.2) is 56.2 Å². The molecule has 2 amide bonds. The third kappa shape index (κ3) is 5.47. The number of ether oxygens (including phenoxy) is 2. The van der Waals surface area contributed by atoms with Gasteiger partial charge in [-0.05, 0) is 37.8 Å². The van der Waals surface area contributed by atoms with E-state index in [0.29, 0.717) is 30.4 Å². The van der Waals surface area contributed by atoms with Crippen LogP contribution in [-0.2, 0) is 9.53 Å². The standard InChI is InChI=1S/C22H32N2O4/c1-27-15-16-28-20-10-6-5-9-19(20)21(25)23-18-11-13-24(14-12-18)22(26)17-7-3-2-4-8-17/h5-6,9-10,17-18H,2-4,7-8,11-16H2,1H3,(H,23,25). The SMILES string of the molecule is COCCOc1ccccc1C(=O)NC1CCN(C(=O)C2CCCCC2)CC1. The van der Waals surface area contributed by atoms with Gasteiger partial charge in [-0.15, -0.1) is 0 Å². The van der Waals surface area contributed by atoms with Crippen molar-refractivity contribution < 1.29 is 19.1 Å². The first-order chi connectivity index (χ1) is 13.7. The van der Waals surface area contributed by atoms with Crippen LogP contribution >= 0.6 is 0 Å². The van der Waals surface area contributed by atoms with E-state index < -0.39 is 0 Å². The molecule has 2 fully saturated rings. The monoisotopic (exact) mass is 388 g/mol. The van der Waals surface area contributed by atoms with E-state index in [9.17, 15) is 9.59 Å². The van der Waals surface area contributed by atoms with E-state index in [-0.39, 0.29) is 17.9 Å². The van der Waals surface area contributed by atoms with Gasteiger partial charge >= 0.3 is 0 Å². The summed E-state index contributed by atoms with van der Waals surface area (Å²) in [7, 11) is 1.62. The van der Waals surface area contributed by atoms with Crippen molar-refractivity contribution in [1.29, 1.82) is 0 Å². The lowest BCUT2D eigenvalue weighted by Crippen LogP contribution is -2.48. The first-order valence-corrected chi connectivity index (χ1v) is 10.5. The van der Waals surface area contributed by atoms with Gasteiger partial charge in [-0.25, -0.2) is 0 Å². The molecule has 0 radical (unpaired) electrons. The minimum atomic E-state index is -0.120. The molecule has 1 saturated heterocycles. The Morgan fingerprint density at radius 3 is 2.46 bits per heavy atom. The smallest absolute Gasteiger partial charge is 0.255 e. The van der Waals surface area contributed by atoms with Crippen molar-refractivity contribution in [2.45, 2.75) is 51.0 Å². The van der Waals surface area contributed by atoms with E-state index in [4.69, 9.17) is 9.47 Å². The number of nitrogens with one attached hydrogen (secondary N) is 1. The number of hydrogen-bond acceptors (Lipinski definition) is 4. The third-order valence-corrected chi connectivity index (χ3v) is 5.77. The maximum Gasteiger partial charge on any atom is 0.255 e. The number of carbonyl (C=O) groups excluding carboxylic acids is 2. The Kier molecular flexibility index (Phi) is 7.71. The average Bonchev–Trinajstić information content (AvgIpc) is 2.75. The molecule has 2 aliphatic rings. The summed E-state index contributed by atoms with van der Waals surface area (Å²) in [6.07, 6.45) is 7.29. The largest absolute Gasteiger partial charge is 0.490 e. The fourth-order valence-corrected chi connectivity index (χ4v) is 4.13. The van der Waals surface area contributed by atoms with Crippen LogP contribution in [0.1, 0.15) is 55.3 Å². The van der Waals surface area contributed by atoms with Crippen LogP contribution in [0.15, 0.2) is 24.3 Å². The molecule has 0 bridgehead atoms. The molecule has 0 atom stereocenters. The van der Waals surface area contributed by atoms with E-state index in [2.05, 4.69) is 5.32 Å². The van der Waals surface area contributed by atoms with Crippen LogP contribution in [0.2, 0.25) is 0 Å². The normalized spacial score (nSPS) is 18.7. The highest BCUT2D eigenvalue weighted by atomic mass is 16.5. The molecule has 0 spiro atoms. The van der Waals surface area contributed by atoms with Gasteiger partial charge in [0, 0.05) is 32.2 Å². The summed E-state index contributed by atoms with van der Waals surface area (Å²) >= 11 is 0. The molecule has 1 aromatic carbocycles. The van der Waals surface area contributed by atoms with E-state index >= 15 is 0 Å². The molecule has 1 aromatic rings. The van der Waals surface area contributed by atoms with Crippen LogP contribution < -0.4 is 10.1 Å². The van der Waals surface area contributed by atoms with Crippen molar-refractivity contribution in [2.24, 2.45) is 5.92 Å². The first-order valence-electron chi connectivity index (χ1n) is 10.5. The Labute approximate surface area is 167 Å². The molecule has 154 valence electrons. The van der Waals surface area contributed by atoms with Gasteiger partial charge in [-0.3, -0.25) is 9.59 Å². The second-order valence-electron chi connectivity index (χ2n) is 7.75. The lowest BCUT2D eigenvalue weighted by molar-refractivity contribution is -0.137. The molecular weight excluding hydrogens is 356 g/mol. The predicted octanol–water partition coefficient (Wildman–Crippen LogP) is 3.01. The molecule has 1 heterocycles. The molecule has 3 rings (SSSR count). The topological polar surface area (TPSA) is 67.9 Å². The van der Waals surface area contributed by atoms with Crippen LogP contribution in [0, 0.1) is 5.92 Å². The lowest BCUT2D eigenvalue weighted by Gasteiger charge is -2.35. The number of benzene rings is 1. The fourth-order valence-electron chi connectivity index (χ4n) is 4.13. The zero-order valence-electron chi connectivity index (χ0n) is 16.8. The zero-order valence-corrected chi connectivity index (χ0v) is 16.8. The Morgan fingerprint density at radius 1 is 1.04 bits per heavy atom. The van der Waals surface area contributed by atoms with Crippen molar-refractivity contribution in [1.82, 2.24) is 10.2 Å². The summed E-state index contributed by atoms with van der Waals surface area (Å²) in [5, 5.41) is 3.12. The number of hydrogen-bond donors (Lipinski definition) is 1. The molecule has 1 aliphatic carbocycles. The summed E-state index contributed by atoms with van der Waals surface area (Å²) in [5.41, 5.74) is 0.541. The molecule has 0 aromatic heterocycles. The number of para-hydroxylation sites is 1. The van der Waals surface area contributed by atoms with Gasteiger partial charge in [-0.1, -0.05) is 31.4 Å². The van der Waals surface area contributed by atoms with E-state index in [1.165, 1.54) is 19.3 Å². The molecule has 6 nitrogen and oxygen atoms in total. The fraction of sp³-hybridized carbons (Fsp3) is 0.636.